The van der Waals surface area contributed by atoms with Gasteiger partial charge in [-0.1, -0.05) is 42.5 Å². The Kier molecular flexibility index (Phi) is 6.51. The molecule has 0 aliphatic carbocycles. The van der Waals surface area contributed by atoms with Crippen molar-refractivity contribution in [3.05, 3.63) is 64.1 Å². The van der Waals surface area contributed by atoms with Crippen molar-refractivity contribution in [3.63, 3.8) is 0 Å². The Morgan fingerprint density at radius 3 is 2.43 bits per heavy atom. The average Bonchev–Trinajstić information content (AvgIpc) is 3.16. The summed E-state index contributed by atoms with van der Waals surface area (Å²) in [6.07, 6.45) is -3.14. The third-order valence-electron chi connectivity index (χ3n) is 4.22. The summed E-state index contributed by atoms with van der Waals surface area (Å²) >= 11 is 1.02. The average molecular weight is 406 g/mol. The number of fused-ring (bicyclic) bond motifs is 1. The van der Waals surface area contributed by atoms with Gasteiger partial charge in [-0.05, 0) is 22.8 Å². The number of alkyl halides is 3. The molecule has 0 atom stereocenters. The van der Waals surface area contributed by atoms with Gasteiger partial charge in [0.2, 0.25) is 0 Å². The van der Waals surface area contributed by atoms with E-state index in [1.54, 1.807) is 7.05 Å². The maximum Gasteiger partial charge on any atom is 0.434 e. The highest BCUT2D eigenvalue weighted by Crippen LogP contribution is 2.30. The lowest BCUT2D eigenvalue weighted by Crippen LogP contribution is -2.39. The summed E-state index contributed by atoms with van der Waals surface area (Å²) in [7, 11) is 1.66. The van der Waals surface area contributed by atoms with Gasteiger partial charge in [0.1, 0.15) is 0 Å². The minimum Gasteiger partial charge on any atom is -0.356 e. The van der Waals surface area contributed by atoms with Gasteiger partial charge in [0.25, 0.3) is 0 Å². The van der Waals surface area contributed by atoms with E-state index < -0.39 is 11.9 Å². The van der Waals surface area contributed by atoms with E-state index in [0.29, 0.717) is 30.5 Å². The summed E-state index contributed by atoms with van der Waals surface area (Å²) in [5.74, 6) is 0.619. The van der Waals surface area contributed by atoms with Crippen molar-refractivity contribution in [3.8, 4) is 0 Å². The predicted octanol–water partition coefficient (Wildman–Crippen LogP) is 4.27. The van der Waals surface area contributed by atoms with Gasteiger partial charge in [0.15, 0.2) is 11.7 Å². The van der Waals surface area contributed by atoms with Crippen molar-refractivity contribution < 1.29 is 13.2 Å². The molecule has 0 fully saturated rings. The molecule has 0 spiro atoms. The summed E-state index contributed by atoms with van der Waals surface area (Å²) in [6, 6.07) is 14.6. The molecule has 2 aromatic carbocycles. The molecule has 0 bridgehead atoms. The topological polar surface area (TPSA) is 49.3 Å². The molecule has 148 valence electrons. The number of nitrogens with one attached hydrogen (secondary N) is 2. The van der Waals surface area contributed by atoms with Crippen LogP contribution in [0.3, 0.4) is 0 Å². The summed E-state index contributed by atoms with van der Waals surface area (Å²) in [4.78, 5) is 7.77. The first kappa shape index (κ1) is 20.1. The van der Waals surface area contributed by atoms with Gasteiger partial charge < -0.3 is 10.6 Å². The molecule has 4 nitrogen and oxygen atoms in total. The summed E-state index contributed by atoms with van der Waals surface area (Å²) in [5, 5.41) is 10.3. The van der Waals surface area contributed by atoms with Gasteiger partial charge in [0, 0.05) is 31.9 Å². The minimum atomic E-state index is -4.39. The number of hydrogen-bond acceptors (Lipinski definition) is 3. The highest BCUT2D eigenvalue weighted by Gasteiger charge is 2.33. The first-order valence-electron chi connectivity index (χ1n) is 8.89. The fraction of sp³-hybridized carbons (Fsp3) is 0.300. The molecule has 8 heteroatoms. The maximum absolute atomic E-state index is 12.6. The molecular weight excluding hydrogens is 385 g/mol. The second-order valence-electron chi connectivity index (χ2n) is 6.23. The van der Waals surface area contributed by atoms with Crippen LogP contribution < -0.4 is 10.6 Å². The van der Waals surface area contributed by atoms with Crippen LogP contribution in [0.4, 0.5) is 13.2 Å². The van der Waals surface area contributed by atoms with Crippen LogP contribution in [0.15, 0.2) is 52.8 Å². The Morgan fingerprint density at radius 2 is 1.75 bits per heavy atom. The van der Waals surface area contributed by atoms with Crippen LogP contribution in [0.1, 0.15) is 16.3 Å². The van der Waals surface area contributed by atoms with Crippen LogP contribution in [0.25, 0.3) is 10.8 Å². The van der Waals surface area contributed by atoms with Crippen molar-refractivity contribution in [2.24, 2.45) is 4.99 Å². The number of guanidine groups is 1. The van der Waals surface area contributed by atoms with E-state index >= 15 is 0 Å². The third kappa shape index (κ3) is 5.45. The molecular formula is C20H21F3N4S. The molecule has 1 aromatic heterocycles. The van der Waals surface area contributed by atoms with E-state index in [2.05, 4.69) is 50.9 Å². The van der Waals surface area contributed by atoms with Gasteiger partial charge in [-0.15, -0.1) is 11.3 Å². The fourth-order valence-corrected chi connectivity index (χ4v) is 3.59. The highest BCUT2D eigenvalue weighted by molar-refractivity contribution is 7.09. The van der Waals surface area contributed by atoms with E-state index in [0.717, 1.165) is 23.1 Å². The number of halogens is 3. The third-order valence-corrected chi connectivity index (χ3v) is 5.13. The number of thiazole rings is 1. The van der Waals surface area contributed by atoms with E-state index in [9.17, 15) is 13.2 Å². The lowest BCUT2D eigenvalue weighted by molar-refractivity contribution is -0.140. The molecule has 0 aliphatic heterocycles. The van der Waals surface area contributed by atoms with E-state index in [-0.39, 0.29) is 0 Å². The second kappa shape index (κ2) is 9.05. The first-order chi connectivity index (χ1) is 13.5. The monoisotopic (exact) mass is 406 g/mol. The van der Waals surface area contributed by atoms with Crippen LogP contribution in [0.5, 0.6) is 0 Å². The zero-order valence-corrected chi connectivity index (χ0v) is 16.2. The number of aromatic nitrogens is 1. The Labute approximate surface area is 165 Å². The lowest BCUT2D eigenvalue weighted by Gasteiger charge is -2.11. The number of nitrogens with zero attached hydrogens (tertiary/aromatic N) is 2. The SMILES string of the molecule is CN=C(NCCc1ccc2ccccc2c1)NCCc1nc(C(F)(F)F)cs1. The molecule has 0 unspecified atom stereocenters. The second-order valence-corrected chi connectivity index (χ2v) is 7.17. The van der Waals surface area contributed by atoms with E-state index in [1.165, 1.54) is 16.3 Å². The largest absolute Gasteiger partial charge is 0.434 e. The predicted molar refractivity (Wildman–Crippen MR) is 108 cm³/mol. The number of aliphatic imine (C=N–C) groups is 1. The van der Waals surface area contributed by atoms with Crippen molar-refractivity contribution in [1.82, 2.24) is 15.6 Å². The molecule has 0 saturated heterocycles. The summed E-state index contributed by atoms with van der Waals surface area (Å²) in [5.41, 5.74) is 0.398. The lowest BCUT2D eigenvalue weighted by atomic mass is 10.1. The quantitative estimate of drug-likeness (QED) is 0.475. The molecule has 3 aromatic rings. The van der Waals surface area contributed by atoms with Gasteiger partial charge in [-0.25, -0.2) is 4.98 Å². The van der Waals surface area contributed by atoms with Gasteiger partial charge in [-0.2, -0.15) is 13.2 Å². The summed E-state index contributed by atoms with van der Waals surface area (Å²) in [6.45, 7) is 1.16. The van der Waals surface area contributed by atoms with E-state index in [1.807, 2.05) is 12.1 Å². The molecule has 0 aliphatic rings. The Hall–Kier alpha value is -2.61. The Morgan fingerprint density at radius 1 is 1.04 bits per heavy atom. The normalized spacial score (nSPS) is 12.4. The van der Waals surface area contributed by atoms with Gasteiger partial charge >= 0.3 is 6.18 Å². The van der Waals surface area contributed by atoms with Crippen LogP contribution in [0.2, 0.25) is 0 Å². The standard InChI is InChI=1S/C20H21F3N4S/c1-24-19(26-11-9-18-27-17(13-28-18)20(21,22)23)25-10-8-14-6-7-15-4-2-3-5-16(15)12-14/h2-7,12-13H,8-11H2,1H3,(H2,24,25,26). The molecule has 28 heavy (non-hydrogen) atoms. The van der Waals surface area contributed by atoms with Gasteiger partial charge in [-0.3, -0.25) is 4.99 Å². The van der Waals surface area contributed by atoms with Gasteiger partial charge in [0.05, 0.1) is 5.01 Å². The van der Waals surface area contributed by atoms with Crippen LogP contribution >= 0.6 is 11.3 Å². The number of hydrogen-bond donors (Lipinski definition) is 2. The smallest absolute Gasteiger partial charge is 0.356 e. The molecule has 2 N–H and O–H groups in total. The number of benzene rings is 2. The van der Waals surface area contributed by atoms with E-state index in [4.69, 9.17) is 0 Å². The molecule has 0 amide bonds. The molecule has 3 rings (SSSR count). The maximum atomic E-state index is 12.6. The van der Waals surface area contributed by atoms with Crippen molar-refractivity contribution >= 4 is 28.1 Å². The molecule has 0 radical (unpaired) electrons. The zero-order chi connectivity index (χ0) is 20.0. The number of rotatable bonds is 6. The van der Waals surface area contributed by atoms with Crippen LogP contribution in [-0.2, 0) is 19.0 Å². The zero-order valence-electron chi connectivity index (χ0n) is 15.4. The van der Waals surface area contributed by atoms with Crippen molar-refractivity contribution in [2.75, 3.05) is 20.1 Å². The van der Waals surface area contributed by atoms with Crippen molar-refractivity contribution in [1.29, 1.82) is 0 Å². The van der Waals surface area contributed by atoms with Crippen molar-refractivity contribution in [2.45, 2.75) is 19.0 Å². The first-order valence-corrected chi connectivity index (χ1v) is 9.77. The minimum absolute atomic E-state index is 0.409. The highest BCUT2D eigenvalue weighted by atomic mass is 32.1. The molecule has 1 heterocycles. The summed E-state index contributed by atoms with van der Waals surface area (Å²) < 4.78 is 37.7. The van der Waals surface area contributed by atoms with Crippen LogP contribution in [-0.4, -0.2) is 31.1 Å². The fourth-order valence-electron chi connectivity index (χ4n) is 2.78. The molecule has 0 saturated carbocycles. The van der Waals surface area contributed by atoms with Crippen LogP contribution in [0, 0.1) is 0 Å². The Balaban J connectivity index is 1.43. The Bertz CT molecular complexity index is 950.